The summed E-state index contributed by atoms with van der Waals surface area (Å²) in [6, 6.07) is 11.1. The molecule has 0 atom stereocenters. The molecule has 0 aliphatic carbocycles. The number of phenols is 1. The van der Waals surface area contributed by atoms with Gasteiger partial charge >= 0.3 is 0 Å². The number of halogens is 2. The van der Waals surface area contributed by atoms with Gasteiger partial charge in [-0.15, -0.1) is 0 Å². The molecule has 0 saturated carbocycles. The third kappa shape index (κ3) is 3.99. The monoisotopic (exact) mass is 481 g/mol. The van der Waals surface area contributed by atoms with Gasteiger partial charge in [-0.05, 0) is 79.9 Å². The Morgan fingerprint density at radius 2 is 1.84 bits per heavy atom. The zero-order valence-electron chi connectivity index (χ0n) is 13.1. The molecular weight excluding hydrogens is 470 g/mol. The first-order valence-electron chi connectivity index (χ1n) is 7.34. The van der Waals surface area contributed by atoms with Gasteiger partial charge in [0.25, 0.3) is 11.1 Å². The van der Waals surface area contributed by atoms with Gasteiger partial charge in [0.1, 0.15) is 5.75 Å². The van der Waals surface area contributed by atoms with E-state index in [0.29, 0.717) is 19.4 Å². The van der Waals surface area contributed by atoms with Gasteiger partial charge in [-0.3, -0.25) is 14.5 Å². The number of aryl methyl sites for hydroxylation is 1. The molecule has 4 nitrogen and oxygen atoms in total. The first kappa shape index (κ1) is 18.2. The van der Waals surface area contributed by atoms with Crippen LogP contribution in [0.2, 0.25) is 0 Å². The number of hydrogen-bond acceptors (Lipinski definition) is 4. The first-order chi connectivity index (χ1) is 11.8. The number of amides is 2. The Morgan fingerprint density at radius 3 is 2.48 bits per heavy atom. The van der Waals surface area contributed by atoms with Gasteiger partial charge in [0.15, 0.2) is 0 Å². The molecule has 0 bridgehead atoms. The van der Waals surface area contributed by atoms with E-state index < -0.39 is 0 Å². The summed E-state index contributed by atoms with van der Waals surface area (Å²) >= 11 is 7.44. The third-order valence-corrected chi connectivity index (χ3v) is 5.75. The first-order valence-corrected chi connectivity index (χ1v) is 9.74. The van der Waals surface area contributed by atoms with Crippen LogP contribution in [0.1, 0.15) is 16.7 Å². The Hall–Kier alpha value is -1.57. The van der Waals surface area contributed by atoms with Crippen LogP contribution in [0.4, 0.5) is 4.79 Å². The maximum Gasteiger partial charge on any atom is 0.293 e. The van der Waals surface area contributed by atoms with Crippen LogP contribution in [-0.2, 0) is 11.3 Å². The smallest absolute Gasteiger partial charge is 0.293 e. The van der Waals surface area contributed by atoms with E-state index in [4.69, 9.17) is 0 Å². The predicted octanol–water partition coefficient (Wildman–Crippen LogP) is 5.46. The second kappa shape index (κ2) is 7.35. The summed E-state index contributed by atoms with van der Waals surface area (Å²) in [5.74, 6) is -0.221. The third-order valence-electron chi connectivity index (χ3n) is 3.63. The van der Waals surface area contributed by atoms with Crippen LogP contribution in [0, 0.1) is 6.92 Å². The molecule has 0 aromatic heterocycles. The van der Waals surface area contributed by atoms with E-state index in [0.717, 1.165) is 22.9 Å². The van der Waals surface area contributed by atoms with Crippen molar-refractivity contribution in [2.45, 2.75) is 13.5 Å². The van der Waals surface area contributed by atoms with Crippen LogP contribution in [-0.4, -0.2) is 21.2 Å². The van der Waals surface area contributed by atoms with E-state index in [2.05, 4.69) is 31.9 Å². The van der Waals surface area contributed by atoms with Crippen molar-refractivity contribution < 1.29 is 14.7 Å². The van der Waals surface area contributed by atoms with Gasteiger partial charge in [0.05, 0.1) is 20.4 Å². The summed E-state index contributed by atoms with van der Waals surface area (Å²) in [6.07, 6.45) is 1.65. The van der Waals surface area contributed by atoms with Gasteiger partial charge in [-0.2, -0.15) is 0 Å². The van der Waals surface area contributed by atoms with E-state index in [9.17, 15) is 14.7 Å². The highest BCUT2D eigenvalue weighted by Gasteiger charge is 2.35. The fourth-order valence-electron chi connectivity index (χ4n) is 2.45. The molecular formula is C18H13Br2NO3S. The Labute approximate surface area is 166 Å². The van der Waals surface area contributed by atoms with Crippen LogP contribution < -0.4 is 0 Å². The summed E-state index contributed by atoms with van der Waals surface area (Å²) in [5, 5.41) is 9.48. The lowest BCUT2D eigenvalue weighted by Gasteiger charge is -2.12. The lowest BCUT2D eigenvalue weighted by atomic mass is 10.1. The number of nitrogens with zero attached hydrogens (tertiary/aromatic N) is 1. The fraction of sp³-hybridized carbons (Fsp3) is 0.111. The van der Waals surface area contributed by atoms with Crippen molar-refractivity contribution in [2.24, 2.45) is 0 Å². The van der Waals surface area contributed by atoms with Crippen LogP contribution in [0.3, 0.4) is 0 Å². The summed E-state index contributed by atoms with van der Waals surface area (Å²) in [4.78, 5) is 26.4. The Morgan fingerprint density at radius 1 is 1.16 bits per heavy atom. The number of thioether (sulfide) groups is 1. The lowest BCUT2D eigenvalue weighted by molar-refractivity contribution is -0.123. The molecule has 128 valence electrons. The molecule has 1 N–H and O–H groups in total. The van der Waals surface area contributed by atoms with Crippen molar-refractivity contribution in [3.05, 3.63) is 66.9 Å². The normalized spacial score (nSPS) is 16.1. The summed E-state index contributed by atoms with van der Waals surface area (Å²) < 4.78 is 1.01. The Bertz CT molecular complexity index is 888. The number of rotatable bonds is 3. The van der Waals surface area contributed by atoms with Crippen LogP contribution in [0.25, 0.3) is 6.08 Å². The lowest BCUT2D eigenvalue weighted by Crippen LogP contribution is -2.27. The largest absolute Gasteiger partial charge is 0.506 e. The second-order valence-electron chi connectivity index (χ2n) is 5.59. The Balaban J connectivity index is 1.86. The van der Waals surface area contributed by atoms with Gasteiger partial charge in [0, 0.05) is 0 Å². The van der Waals surface area contributed by atoms with Crippen LogP contribution >= 0.6 is 43.6 Å². The fourth-order valence-corrected chi connectivity index (χ4v) is 4.51. The van der Waals surface area contributed by atoms with Crippen molar-refractivity contribution in [3.63, 3.8) is 0 Å². The zero-order chi connectivity index (χ0) is 18.1. The van der Waals surface area contributed by atoms with E-state index in [1.165, 1.54) is 4.90 Å². The summed E-state index contributed by atoms with van der Waals surface area (Å²) in [7, 11) is 0. The highest BCUT2D eigenvalue weighted by Crippen LogP contribution is 2.37. The second-order valence-corrected chi connectivity index (χ2v) is 8.29. The molecule has 2 amide bonds. The van der Waals surface area contributed by atoms with Crippen molar-refractivity contribution in [2.75, 3.05) is 0 Å². The highest BCUT2D eigenvalue weighted by atomic mass is 79.9. The molecule has 1 aliphatic rings. The van der Waals surface area contributed by atoms with Crippen LogP contribution in [0.15, 0.2) is 50.2 Å². The Kier molecular flexibility index (Phi) is 5.36. The number of imide groups is 1. The molecule has 0 radical (unpaired) electrons. The van der Waals surface area contributed by atoms with Crippen molar-refractivity contribution in [1.29, 1.82) is 0 Å². The minimum atomic E-state index is -0.308. The topological polar surface area (TPSA) is 57.6 Å². The molecule has 1 saturated heterocycles. The van der Waals surface area contributed by atoms with Crippen molar-refractivity contribution >= 4 is 60.8 Å². The molecule has 2 aromatic carbocycles. The molecule has 1 aliphatic heterocycles. The number of carbonyl (C=O) groups is 2. The molecule has 0 spiro atoms. The average molecular weight is 483 g/mol. The number of carbonyl (C=O) groups excluding carboxylic acids is 2. The van der Waals surface area contributed by atoms with E-state index in [1.54, 1.807) is 18.2 Å². The van der Waals surface area contributed by atoms with Crippen LogP contribution in [0.5, 0.6) is 5.75 Å². The quantitative estimate of drug-likeness (QED) is 0.590. The molecule has 1 heterocycles. The molecule has 25 heavy (non-hydrogen) atoms. The summed E-state index contributed by atoms with van der Waals surface area (Å²) in [5.41, 5.74) is 2.70. The molecule has 0 unspecified atom stereocenters. The molecule has 7 heteroatoms. The average Bonchev–Trinajstić information content (AvgIpc) is 2.80. The molecule has 1 fully saturated rings. The van der Waals surface area contributed by atoms with Crippen molar-refractivity contribution in [3.8, 4) is 5.75 Å². The minimum absolute atomic E-state index is 0.0877. The van der Waals surface area contributed by atoms with E-state index in [-0.39, 0.29) is 23.4 Å². The molecule has 3 rings (SSSR count). The maximum absolute atomic E-state index is 12.6. The van der Waals surface area contributed by atoms with Gasteiger partial charge < -0.3 is 5.11 Å². The van der Waals surface area contributed by atoms with E-state index >= 15 is 0 Å². The number of aromatic hydroxyl groups is 1. The molecule has 2 aromatic rings. The SMILES string of the molecule is Cc1cccc(CN2C(=O)S/C(=C\c3cc(Br)c(O)c(Br)c3)C2=O)c1. The predicted molar refractivity (Wildman–Crippen MR) is 106 cm³/mol. The number of benzene rings is 2. The van der Waals surface area contributed by atoms with Crippen molar-refractivity contribution in [1.82, 2.24) is 4.90 Å². The number of phenolic OH excluding ortho intramolecular Hbond substituents is 1. The summed E-state index contributed by atoms with van der Waals surface area (Å²) in [6.45, 7) is 2.23. The van der Waals surface area contributed by atoms with Gasteiger partial charge in [0.2, 0.25) is 0 Å². The minimum Gasteiger partial charge on any atom is -0.506 e. The zero-order valence-corrected chi connectivity index (χ0v) is 17.1. The highest BCUT2D eigenvalue weighted by molar-refractivity contribution is 9.11. The standard InChI is InChI=1S/C18H13Br2NO3S/c1-10-3-2-4-11(5-10)9-21-17(23)15(25-18(21)24)8-12-6-13(19)16(22)14(20)7-12/h2-8,22H,9H2,1H3/b15-8-. The maximum atomic E-state index is 12.6. The number of hydrogen-bond donors (Lipinski definition) is 1. The van der Waals surface area contributed by atoms with E-state index in [1.807, 2.05) is 31.2 Å². The van der Waals surface area contributed by atoms with Gasteiger partial charge in [-0.1, -0.05) is 29.8 Å². The van der Waals surface area contributed by atoms with Gasteiger partial charge in [-0.25, -0.2) is 0 Å².